The smallest absolute Gasteiger partial charge is 0.337 e. The van der Waals surface area contributed by atoms with Crippen LogP contribution in [0, 0.1) is 0 Å². The molecule has 2 aromatic rings. The Hall–Kier alpha value is -1.84. The zero-order valence-electron chi connectivity index (χ0n) is 12.0. The van der Waals surface area contributed by atoms with Gasteiger partial charge in [-0.25, -0.2) is 9.78 Å². The molecule has 0 amide bonds. The summed E-state index contributed by atoms with van der Waals surface area (Å²) >= 11 is 0. The van der Waals surface area contributed by atoms with Crippen LogP contribution in [0.15, 0.2) is 18.2 Å². The van der Waals surface area contributed by atoms with E-state index in [9.17, 15) is 9.90 Å². The van der Waals surface area contributed by atoms with Gasteiger partial charge in [-0.05, 0) is 44.7 Å². The quantitative estimate of drug-likeness (QED) is 0.925. The van der Waals surface area contributed by atoms with Gasteiger partial charge in [0.05, 0.1) is 11.1 Å². The van der Waals surface area contributed by atoms with E-state index in [0.29, 0.717) is 11.1 Å². The summed E-state index contributed by atoms with van der Waals surface area (Å²) in [6.45, 7) is 4.38. The molecule has 0 spiro atoms. The molecule has 0 unspecified atom stereocenters. The molecular weight excluding hydrogens is 252 g/mol. The Balaban J connectivity index is 2.28. The molecule has 0 aliphatic heterocycles. The lowest BCUT2D eigenvalue weighted by Crippen LogP contribution is -2.38. The molecule has 0 atom stereocenters. The van der Waals surface area contributed by atoms with E-state index in [1.807, 2.05) is 12.1 Å². The van der Waals surface area contributed by atoms with Gasteiger partial charge >= 0.3 is 5.97 Å². The average molecular weight is 272 g/mol. The lowest BCUT2D eigenvalue weighted by atomic mass is 9.78. The van der Waals surface area contributed by atoms with Gasteiger partial charge in [-0.1, -0.05) is 13.0 Å². The van der Waals surface area contributed by atoms with Crippen LogP contribution in [0.1, 0.15) is 55.7 Å². The van der Waals surface area contributed by atoms with Crippen LogP contribution < -0.4 is 0 Å². The second kappa shape index (κ2) is 4.62. The highest BCUT2D eigenvalue weighted by Gasteiger charge is 2.36. The van der Waals surface area contributed by atoms with E-state index < -0.39 is 5.97 Å². The summed E-state index contributed by atoms with van der Waals surface area (Å²) in [6.07, 6.45) is 5.43. The van der Waals surface area contributed by atoms with Crippen molar-refractivity contribution in [2.45, 2.75) is 51.5 Å². The maximum Gasteiger partial charge on any atom is 0.337 e. The topological polar surface area (TPSA) is 55.1 Å². The maximum atomic E-state index is 11.4. The van der Waals surface area contributed by atoms with Crippen LogP contribution in [-0.4, -0.2) is 20.6 Å². The summed E-state index contributed by atoms with van der Waals surface area (Å²) in [5.41, 5.74) is 2.02. The van der Waals surface area contributed by atoms with Gasteiger partial charge in [0.1, 0.15) is 11.3 Å². The normalized spacial score (nSPS) is 17.1. The zero-order valence-corrected chi connectivity index (χ0v) is 12.0. The van der Waals surface area contributed by atoms with Crippen LogP contribution in [0.5, 0.6) is 0 Å². The summed E-state index contributed by atoms with van der Waals surface area (Å²) in [6, 6.07) is 5.46. The van der Waals surface area contributed by atoms with E-state index in [1.165, 1.54) is 6.42 Å². The number of aromatic carboxylic acids is 1. The number of hydrogen-bond donors (Lipinski definition) is 1. The van der Waals surface area contributed by atoms with Gasteiger partial charge in [0.15, 0.2) is 0 Å². The molecule has 0 radical (unpaired) electrons. The molecule has 0 saturated heterocycles. The van der Waals surface area contributed by atoms with Crippen molar-refractivity contribution in [2.24, 2.45) is 0 Å². The van der Waals surface area contributed by atoms with Gasteiger partial charge in [0.25, 0.3) is 0 Å². The molecule has 1 saturated carbocycles. The first kappa shape index (κ1) is 13.2. The first-order chi connectivity index (χ1) is 9.57. The lowest BCUT2D eigenvalue weighted by Gasteiger charge is -2.41. The van der Waals surface area contributed by atoms with Gasteiger partial charge in [0.2, 0.25) is 0 Å². The first-order valence-corrected chi connectivity index (χ1v) is 7.31. The van der Waals surface area contributed by atoms with Crippen LogP contribution in [0.3, 0.4) is 0 Å². The van der Waals surface area contributed by atoms with Crippen molar-refractivity contribution in [1.82, 2.24) is 9.55 Å². The number of carboxylic acid groups (broad SMARTS) is 1. The summed E-state index contributed by atoms with van der Waals surface area (Å²) in [5, 5.41) is 9.34. The summed E-state index contributed by atoms with van der Waals surface area (Å²) in [7, 11) is 0. The molecule has 1 aromatic heterocycles. The molecule has 1 heterocycles. The Morgan fingerprint density at radius 2 is 2.20 bits per heavy atom. The second-order valence-electron chi connectivity index (χ2n) is 5.94. The van der Waals surface area contributed by atoms with Crippen molar-refractivity contribution < 1.29 is 9.90 Å². The monoisotopic (exact) mass is 272 g/mol. The van der Waals surface area contributed by atoms with E-state index in [0.717, 1.165) is 37.0 Å². The minimum absolute atomic E-state index is 0.108. The average Bonchev–Trinajstić information content (AvgIpc) is 2.74. The van der Waals surface area contributed by atoms with Gasteiger partial charge in [-0.15, -0.1) is 0 Å². The number of para-hydroxylation sites is 1. The molecule has 3 rings (SSSR count). The predicted octanol–water partition coefficient (Wildman–Crippen LogP) is 3.59. The number of aryl methyl sites for hydroxylation is 1. The highest BCUT2D eigenvalue weighted by atomic mass is 16.4. The number of aromatic nitrogens is 2. The third kappa shape index (κ3) is 1.82. The predicted molar refractivity (Wildman–Crippen MR) is 78.2 cm³/mol. The standard InChI is InChI=1S/C16H20N2O2/c1-3-6-13-17-14-11(15(19)20)7-4-8-12(14)18(13)16(2)9-5-10-16/h4,7-8H,3,5-6,9-10H2,1-2H3,(H,19,20). The molecule has 20 heavy (non-hydrogen) atoms. The Bertz CT molecular complexity index is 668. The van der Waals surface area contributed by atoms with Crippen molar-refractivity contribution in [1.29, 1.82) is 0 Å². The second-order valence-corrected chi connectivity index (χ2v) is 5.94. The number of benzene rings is 1. The van der Waals surface area contributed by atoms with Crippen LogP contribution in [0.2, 0.25) is 0 Å². The Kier molecular flexibility index (Phi) is 3.04. The van der Waals surface area contributed by atoms with Crippen LogP contribution in [-0.2, 0) is 12.0 Å². The number of hydrogen-bond acceptors (Lipinski definition) is 2. The van der Waals surface area contributed by atoms with Crippen molar-refractivity contribution in [3.63, 3.8) is 0 Å². The zero-order chi connectivity index (χ0) is 14.3. The molecule has 1 aliphatic rings. The van der Waals surface area contributed by atoms with Crippen LogP contribution in [0.25, 0.3) is 11.0 Å². The minimum Gasteiger partial charge on any atom is -0.478 e. The lowest BCUT2D eigenvalue weighted by molar-refractivity contribution is 0.0699. The van der Waals surface area contributed by atoms with Gasteiger partial charge in [-0.3, -0.25) is 0 Å². The molecule has 1 N–H and O–H groups in total. The number of fused-ring (bicyclic) bond motifs is 1. The summed E-state index contributed by atoms with van der Waals surface area (Å²) in [5.74, 6) is 0.125. The van der Waals surface area contributed by atoms with Crippen molar-refractivity contribution >= 4 is 17.0 Å². The molecule has 4 heteroatoms. The molecule has 0 bridgehead atoms. The molecule has 1 aliphatic carbocycles. The van der Waals surface area contributed by atoms with Gasteiger partial charge < -0.3 is 9.67 Å². The number of imidazole rings is 1. The Morgan fingerprint density at radius 1 is 1.45 bits per heavy atom. The van der Waals surface area contributed by atoms with Crippen molar-refractivity contribution in [3.05, 3.63) is 29.6 Å². The van der Waals surface area contributed by atoms with Crippen molar-refractivity contribution in [2.75, 3.05) is 0 Å². The van der Waals surface area contributed by atoms with E-state index >= 15 is 0 Å². The van der Waals surface area contributed by atoms with Crippen LogP contribution >= 0.6 is 0 Å². The number of carboxylic acids is 1. The Labute approximate surface area is 118 Å². The SMILES string of the molecule is CCCc1nc2c(C(=O)O)cccc2n1C1(C)CCC1. The van der Waals surface area contributed by atoms with Crippen LogP contribution in [0.4, 0.5) is 0 Å². The highest BCUT2D eigenvalue weighted by Crippen LogP contribution is 2.42. The fourth-order valence-corrected chi connectivity index (χ4v) is 3.23. The largest absolute Gasteiger partial charge is 0.478 e. The van der Waals surface area contributed by atoms with E-state index in [-0.39, 0.29) is 5.54 Å². The minimum atomic E-state index is -0.901. The fraction of sp³-hybridized carbons (Fsp3) is 0.500. The number of nitrogens with zero attached hydrogens (tertiary/aromatic N) is 2. The molecule has 4 nitrogen and oxygen atoms in total. The molecular formula is C16H20N2O2. The third-order valence-electron chi connectivity index (χ3n) is 4.43. The molecule has 106 valence electrons. The summed E-state index contributed by atoms with van der Waals surface area (Å²) < 4.78 is 2.29. The Morgan fingerprint density at radius 3 is 2.75 bits per heavy atom. The number of rotatable bonds is 4. The number of carbonyl (C=O) groups is 1. The third-order valence-corrected chi connectivity index (χ3v) is 4.43. The molecule has 1 aromatic carbocycles. The van der Waals surface area contributed by atoms with E-state index in [4.69, 9.17) is 0 Å². The highest BCUT2D eigenvalue weighted by molar-refractivity contribution is 6.01. The fourth-order valence-electron chi connectivity index (χ4n) is 3.23. The summed E-state index contributed by atoms with van der Waals surface area (Å²) in [4.78, 5) is 16.0. The van der Waals surface area contributed by atoms with E-state index in [2.05, 4.69) is 23.4 Å². The van der Waals surface area contributed by atoms with E-state index in [1.54, 1.807) is 6.07 Å². The maximum absolute atomic E-state index is 11.4. The van der Waals surface area contributed by atoms with Gasteiger partial charge in [0, 0.05) is 12.0 Å². The van der Waals surface area contributed by atoms with Gasteiger partial charge in [-0.2, -0.15) is 0 Å². The molecule has 1 fully saturated rings. The van der Waals surface area contributed by atoms with Crippen molar-refractivity contribution in [3.8, 4) is 0 Å². The first-order valence-electron chi connectivity index (χ1n) is 7.31.